The van der Waals surface area contributed by atoms with Crippen LogP contribution in [0, 0.1) is 11.3 Å². The first-order valence-corrected chi connectivity index (χ1v) is 9.43. The number of hydrazine groups is 1. The molecule has 164 valence electrons. The molecule has 0 saturated carbocycles. The number of amides is 2. The van der Waals surface area contributed by atoms with Crippen molar-refractivity contribution in [2.45, 2.75) is 65.2 Å². The zero-order chi connectivity index (χ0) is 23.2. The molecule has 1 N–H and O–H groups in total. The van der Waals surface area contributed by atoms with Crippen LogP contribution in [0.2, 0.25) is 0 Å². The van der Waals surface area contributed by atoms with Crippen molar-refractivity contribution >= 4 is 18.2 Å². The van der Waals surface area contributed by atoms with E-state index in [1.165, 1.54) is 12.1 Å². The molecule has 0 aliphatic rings. The Bertz CT molecular complexity index is 805. The minimum atomic E-state index is -2.35. The molecule has 2 amide bonds. The number of nitriles is 1. The molecule has 1 rings (SSSR count). The van der Waals surface area contributed by atoms with Crippen LogP contribution >= 0.6 is 0 Å². The fourth-order valence-corrected chi connectivity index (χ4v) is 2.38. The molecule has 0 saturated heterocycles. The minimum absolute atomic E-state index is 0.0519. The van der Waals surface area contributed by atoms with Crippen LogP contribution in [0.15, 0.2) is 30.3 Å². The Morgan fingerprint density at radius 2 is 1.53 bits per heavy atom. The number of nitrogens with one attached hydrogen (secondary N) is 1. The van der Waals surface area contributed by atoms with E-state index in [-0.39, 0.29) is 12.2 Å². The molecule has 30 heavy (non-hydrogen) atoms. The van der Waals surface area contributed by atoms with Crippen LogP contribution < -0.4 is 5.43 Å². The van der Waals surface area contributed by atoms with Crippen molar-refractivity contribution in [2.24, 2.45) is 0 Å². The van der Waals surface area contributed by atoms with Crippen molar-refractivity contribution in [1.82, 2.24) is 10.4 Å². The lowest BCUT2D eigenvalue weighted by molar-refractivity contribution is -0.156. The van der Waals surface area contributed by atoms with Gasteiger partial charge in [0.1, 0.15) is 17.3 Å². The number of rotatable bonds is 4. The maximum Gasteiger partial charge on any atom is 0.431 e. The van der Waals surface area contributed by atoms with Crippen molar-refractivity contribution < 1.29 is 28.6 Å². The van der Waals surface area contributed by atoms with Gasteiger partial charge in [-0.25, -0.2) is 19.8 Å². The Morgan fingerprint density at radius 3 is 1.97 bits per heavy atom. The first-order chi connectivity index (χ1) is 13.8. The van der Waals surface area contributed by atoms with Crippen LogP contribution in [0.5, 0.6) is 0 Å². The molecule has 1 atom stereocenters. The van der Waals surface area contributed by atoms with Gasteiger partial charge in [-0.1, -0.05) is 30.3 Å². The van der Waals surface area contributed by atoms with E-state index in [9.17, 15) is 19.6 Å². The van der Waals surface area contributed by atoms with Gasteiger partial charge >= 0.3 is 18.2 Å². The molecule has 1 unspecified atom stereocenters. The number of hydrogen-bond donors (Lipinski definition) is 1. The molecule has 0 fully saturated rings. The zero-order valence-corrected chi connectivity index (χ0v) is 18.4. The van der Waals surface area contributed by atoms with Crippen molar-refractivity contribution in [2.75, 3.05) is 6.61 Å². The largest absolute Gasteiger partial charge is 0.463 e. The lowest BCUT2D eigenvalue weighted by atomic mass is 9.90. The highest BCUT2D eigenvalue weighted by atomic mass is 16.6. The summed E-state index contributed by atoms with van der Waals surface area (Å²) in [5.41, 5.74) is -1.91. The van der Waals surface area contributed by atoms with E-state index in [0.717, 1.165) is 0 Å². The summed E-state index contributed by atoms with van der Waals surface area (Å²) < 4.78 is 15.6. The van der Waals surface area contributed by atoms with Crippen molar-refractivity contribution in [1.29, 1.82) is 5.26 Å². The van der Waals surface area contributed by atoms with Crippen LogP contribution in [0.3, 0.4) is 0 Å². The Morgan fingerprint density at radius 1 is 1.00 bits per heavy atom. The van der Waals surface area contributed by atoms with E-state index >= 15 is 0 Å². The molecule has 0 heterocycles. The number of benzene rings is 1. The molecule has 0 aliphatic heterocycles. The third-order valence-corrected chi connectivity index (χ3v) is 3.44. The highest BCUT2D eigenvalue weighted by Gasteiger charge is 2.53. The molecular formula is C21H29N3O6. The molecule has 0 aliphatic carbocycles. The maximum atomic E-state index is 13.0. The molecule has 0 spiro atoms. The molecule has 0 aromatic heterocycles. The van der Waals surface area contributed by atoms with Crippen LogP contribution in [0.1, 0.15) is 54.0 Å². The molecule has 0 radical (unpaired) electrons. The van der Waals surface area contributed by atoms with E-state index in [2.05, 4.69) is 5.43 Å². The summed E-state index contributed by atoms with van der Waals surface area (Å²) in [4.78, 5) is 38.5. The average molecular weight is 419 g/mol. The van der Waals surface area contributed by atoms with E-state index < -0.39 is 34.9 Å². The minimum Gasteiger partial charge on any atom is -0.463 e. The normalized spacial score (nSPS) is 13.3. The highest BCUT2D eigenvalue weighted by Crippen LogP contribution is 2.30. The highest BCUT2D eigenvalue weighted by molar-refractivity contribution is 5.91. The first kappa shape index (κ1) is 24.8. The predicted molar refractivity (Wildman–Crippen MR) is 108 cm³/mol. The summed E-state index contributed by atoms with van der Waals surface area (Å²) in [5.74, 6) is -1.05. The summed E-state index contributed by atoms with van der Waals surface area (Å²) in [6, 6.07) is 9.61. The smallest absolute Gasteiger partial charge is 0.431 e. The Hall–Kier alpha value is -3.28. The second-order valence-electron chi connectivity index (χ2n) is 8.34. The number of ether oxygens (including phenoxy) is 3. The zero-order valence-electron chi connectivity index (χ0n) is 18.4. The molecule has 1 aromatic rings. The Kier molecular flexibility index (Phi) is 7.82. The number of carbonyl (C=O) groups is 3. The van der Waals surface area contributed by atoms with Crippen molar-refractivity contribution in [3.05, 3.63) is 35.9 Å². The second kappa shape index (κ2) is 9.48. The van der Waals surface area contributed by atoms with Crippen LogP contribution in [-0.2, 0) is 24.5 Å². The van der Waals surface area contributed by atoms with Gasteiger partial charge in [0.2, 0.25) is 0 Å². The number of carbonyl (C=O) groups excluding carboxylic acids is 3. The summed E-state index contributed by atoms with van der Waals surface area (Å²) >= 11 is 0. The third kappa shape index (κ3) is 6.37. The molecule has 0 bridgehead atoms. The fraction of sp³-hybridized carbons (Fsp3) is 0.524. The van der Waals surface area contributed by atoms with Gasteiger partial charge in [0.25, 0.3) is 5.54 Å². The van der Waals surface area contributed by atoms with Crippen molar-refractivity contribution in [3.63, 3.8) is 0 Å². The van der Waals surface area contributed by atoms with Crippen LogP contribution in [0.4, 0.5) is 9.59 Å². The van der Waals surface area contributed by atoms with E-state index in [0.29, 0.717) is 5.01 Å². The summed E-state index contributed by atoms with van der Waals surface area (Å²) in [6.07, 6.45) is -2.18. The van der Waals surface area contributed by atoms with Gasteiger partial charge in [-0.3, -0.25) is 0 Å². The standard InChI is InChI=1S/C21H29N3O6/c1-8-28-16(25)21(14-22,15-12-10-9-11-13-15)24(18(27)30-20(5,6)7)23-17(26)29-19(2,3)4/h9-13H,8H2,1-7H3,(H,23,26). The van der Waals surface area contributed by atoms with E-state index in [1.807, 2.05) is 6.07 Å². The SMILES string of the molecule is CCOC(=O)C(C#N)(c1ccccc1)N(NC(=O)OC(C)(C)C)C(=O)OC(C)(C)C. The van der Waals surface area contributed by atoms with Gasteiger partial charge in [0, 0.05) is 5.56 Å². The predicted octanol–water partition coefficient (Wildman–Crippen LogP) is 3.65. The van der Waals surface area contributed by atoms with Crippen LogP contribution in [0.25, 0.3) is 0 Å². The van der Waals surface area contributed by atoms with E-state index in [4.69, 9.17) is 14.2 Å². The first-order valence-electron chi connectivity index (χ1n) is 9.43. The summed E-state index contributed by atoms with van der Waals surface area (Å²) in [6.45, 7) is 11.2. The van der Waals surface area contributed by atoms with Gasteiger partial charge in [0.05, 0.1) is 6.61 Å². The number of nitrogens with zero attached hydrogens (tertiary/aromatic N) is 2. The van der Waals surface area contributed by atoms with Gasteiger partial charge in [-0.2, -0.15) is 10.3 Å². The monoisotopic (exact) mass is 419 g/mol. The molecule has 1 aromatic carbocycles. The average Bonchev–Trinajstić information content (AvgIpc) is 2.60. The lowest BCUT2D eigenvalue weighted by Gasteiger charge is -2.37. The summed E-state index contributed by atoms with van der Waals surface area (Å²) in [5, 5.41) is 10.6. The second-order valence-corrected chi connectivity index (χ2v) is 8.34. The van der Waals surface area contributed by atoms with Gasteiger partial charge < -0.3 is 14.2 Å². The Balaban J connectivity index is 3.62. The fourth-order valence-electron chi connectivity index (χ4n) is 2.38. The third-order valence-electron chi connectivity index (χ3n) is 3.44. The quantitative estimate of drug-likeness (QED) is 0.449. The molecule has 9 nitrogen and oxygen atoms in total. The van der Waals surface area contributed by atoms with E-state index in [1.54, 1.807) is 66.7 Å². The van der Waals surface area contributed by atoms with Gasteiger partial charge in [-0.05, 0) is 48.5 Å². The maximum absolute atomic E-state index is 13.0. The number of esters is 1. The van der Waals surface area contributed by atoms with Crippen molar-refractivity contribution in [3.8, 4) is 6.07 Å². The lowest BCUT2D eigenvalue weighted by Crippen LogP contribution is -2.62. The number of hydrogen-bond acceptors (Lipinski definition) is 7. The Labute approximate surface area is 176 Å². The topological polar surface area (TPSA) is 118 Å². The molecular weight excluding hydrogens is 390 g/mol. The molecule has 9 heteroatoms. The summed E-state index contributed by atoms with van der Waals surface area (Å²) in [7, 11) is 0. The van der Waals surface area contributed by atoms with Crippen LogP contribution in [-0.4, -0.2) is 41.0 Å². The van der Waals surface area contributed by atoms with Gasteiger partial charge in [0.15, 0.2) is 0 Å². The van der Waals surface area contributed by atoms with Gasteiger partial charge in [-0.15, -0.1) is 0 Å².